The summed E-state index contributed by atoms with van der Waals surface area (Å²) in [4.78, 5) is 33.5. The lowest BCUT2D eigenvalue weighted by atomic mass is 10.0. The molecule has 0 unspecified atom stereocenters. The third-order valence-electron chi connectivity index (χ3n) is 5.34. The first-order valence-corrected chi connectivity index (χ1v) is 9.64. The molecular weight excluding hydrogens is 359 g/mol. The summed E-state index contributed by atoms with van der Waals surface area (Å²) in [6.45, 7) is 7.53. The van der Waals surface area contributed by atoms with Crippen LogP contribution in [0.25, 0.3) is 0 Å². The van der Waals surface area contributed by atoms with Crippen molar-refractivity contribution in [1.82, 2.24) is 19.4 Å². The molecule has 0 saturated carbocycles. The Hall–Kier alpha value is -2.70. The third kappa shape index (κ3) is 4.58. The summed E-state index contributed by atoms with van der Waals surface area (Å²) in [6, 6.07) is 6.13. The van der Waals surface area contributed by atoms with Crippen molar-refractivity contribution in [3.8, 4) is 0 Å². The third-order valence-corrected chi connectivity index (χ3v) is 5.34. The summed E-state index contributed by atoms with van der Waals surface area (Å²) in [6.07, 6.45) is 3.76. The second-order valence-electron chi connectivity index (χ2n) is 7.65. The van der Waals surface area contributed by atoms with Crippen LogP contribution in [-0.2, 0) is 22.7 Å². The summed E-state index contributed by atoms with van der Waals surface area (Å²) >= 11 is 0. The van der Waals surface area contributed by atoms with Crippen molar-refractivity contribution in [3.05, 3.63) is 53.9 Å². The fraction of sp³-hybridized carbons (Fsp3) is 0.476. The summed E-state index contributed by atoms with van der Waals surface area (Å²) in [5.74, 6) is 0.698. The van der Waals surface area contributed by atoms with E-state index in [1.54, 1.807) is 29.4 Å². The zero-order chi connectivity index (χ0) is 20.3. The van der Waals surface area contributed by atoms with Crippen molar-refractivity contribution >= 4 is 11.8 Å². The van der Waals surface area contributed by atoms with Gasteiger partial charge in [-0.3, -0.25) is 9.59 Å². The van der Waals surface area contributed by atoms with Crippen LogP contribution in [0.3, 0.4) is 0 Å². The summed E-state index contributed by atoms with van der Waals surface area (Å²) in [5, 5.41) is 0. The van der Waals surface area contributed by atoms with E-state index >= 15 is 0 Å². The number of halogens is 1. The molecule has 0 radical (unpaired) electrons. The Morgan fingerprint density at radius 3 is 2.61 bits per heavy atom. The highest BCUT2D eigenvalue weighted by atomic mass is 19.1. The van der Waals surface area contributed by atoms with Gasteiger partial charge in [0, 0.05) is 38.4 Å². The lowest BCUT2D eigenvalue weighted by Gasteiger charge is -2.35. The fourth-order valence-corrected chi connectivity index (χ4v) is 3.58. The van der Waals surface area contributed by atoms with E-state index < -0.39 is 0 Å². The van der Waals surface area contributed by atoms with Gasteiger partial charge >= 0.3 is 0 Å². The van der Waals surface area contributed by atoms with E-state index in [4.69, 9.17) is 0 Å². The average Bonchev–Trinajstić information content (AvgIpc) is 2.97. The van der Waals surface area contributed by atoms with Gasteiger partial charge in [0.2, 0.25) is 11.8 Å². The van der Waals surface area contributed by atoms with Gasteiger partial charge in [-0.15, -0.1) is 0 Å². The minimum atomic E-state index is -0.294. The number of nitrogens with zero attached hydrogens (tertiary/aromatic N) is 4. The van der Waals surface area contributed by atoms with Crippen molar-refractivity contribution < 1.29 is 14.0 Å². The van der Waals surface area contributed by atoms with Crippen molar-refractivity contribution in [3.63, 3.8) is 0 Å². The molecule has 28 heavy (non-hydrogen) atoms. The minimum absolute atomic E-state index is 0.0109. The molecule has 2 amide bonds. The van der Waals surface area contributed by atoms with Gasteiger partial charge in [-0.2, -0.15) is 0 Å². The normalized spacial score (nSPS) is 17.9. The maximum atomic E-state index is 13.2. The number of benzene rings is 1. The number of carbonyl (C=O) groups excluding carboxylic acids is 2. The summed E-state index contributed by atoms with van der Waals surface area (Å²) in [7, 11) is 0. The summed E-state index contributed by atoms with van der Waals surface area (Å²) < 4.78 is 15.0. The molecule has 150 valence electrons. The van der Waals surface area contributed by atoms with Crippen LogP contribution in [0.15, 0.2) is 36.7 Å². The van der Waals surface area contributed by atoms with E-state index in [1.807, 2.05) is 16.4 Å². The van der Waals surface area contributed by atoms with Gasteiger partial charge < -0.3 is 14.4 Å². The number of rotatable bonds is 5. The smallest absolute Gasteiger partial charge is 0.242 e. The number of hydrogen-bond acceptors (Lipinski definition) is 3. The van der Waals surface area contributed by atoms with Crippen LogP contribution < -0.4 is 0 Å². The average molecular weight is 386 g/mol. The van der Waals surface area contributed by atoms with Crippen LogP contribution in [0.2, 0.25) is 0 Å². The van der Waals surface area contributed by atoms with Crippen LogP contribution in [0, 0.1) is 18.7 Å². The van der Waals surface area contributed by atoms with Crippen LogP contribution in [0.5, 0.6) is 0 Å². The van der Waals surface area contributed by atoms with Crippen molar-refractivity contribution in [2.24, 2.45) is 5.92 Å². The quantitative estimate of drug-likeness (QED) is 0.794. The molecule has 3 rings (SSSR count). The molecule has 1 aromatic carbocycles. The molecule has 2 aromatic rings. The van der Waals surface area contributed by atoms with Crippen molar-refractivity contribution in [1.29, 1.82) is 0 Å². The monoisotopic (exact) mass is 386 g/mol. The molecule has 0 aliphatic carbocycles. The Labute approximate surface area is 165 Å². The number of carbonyl (C=O) groups is 2. The van der Waals surface area contributed by atoms with E-state index in [-0.39, 0.29) is 36.1 Å². The van der Waals surface area contributed by atoms with Gasteiger partial charge in [0.25, 0.3) is 0 Å². The topological polar surface area (TPSA) is 58.4 Å². The second-order valence-corrected chi connectivity index (χ2v) is 7.65. The predicted molar refractivity (Wildman–Crippen MR) is 104 cm³/mol. The fourth-order valence-electron chi connectivity index (χ4n) is 3.58. The number of aryl methyl sites for hydroxylation is 1. The summed E-state index contributed by atoms with van der Waals surface area (Å²) in [5.41, 5.74) is 0.884. The Morgan fingerprint density at radius 1 is 1.29 bits per heavy atom. The molecule has 1 saturated heterocycles. The van der Waals surface area contributed by atoms with E-state index in [9.17, 15) is 14.0 Å². The van der Waals surface area contributed by atoms with Gasteiger partial charge in [-0.25, -0.2) is 9.37 Å². The Balaban J connectivity index is 1.76. The molecule has 1 fully saturated rings. The van der Waals surface area contributed by atoms with Crippen LogP contribution in [0.4, 0.5) is 4.39 Å². The number of amides is 2. The minimum Gasteiger partial charge on any atom is -0.339 e. The second kappa shape index (κ2) is 8.54. The highest BCUT2D eigenvalue weighted by Gasteiger charge is 2.33. The molecular formula is C21H27FN4O2. The van der Waals surface area contributed by atoms with Crippen LogP contribution in [-0.4, -0.2) is 50.3 Å². The molecule has 2 heterocycles. The van der Waals surface area contributed by atoms with E-state index in [1.165, 1.54) is 12.1 Å². The Kier molecular flexibility index (Phi) is 6.11. The number of hydrogen-bond donors (Lipinski definition) is 0. The number of imidazole rings is 1. The highest BCUT2D eigenvalue weighted by Crippen LogP contribution is 2.21. The largest absolute Gasteiger partial charge is 0.339 e. The molecule has 6 nitrogen and oxygen atoms in total. The van der Waals surface area contributed by atoms with Crippen LogP contribution >= 0.6 is 0 Å². The maximum absolute atomic E-state index is 13.2. The maximum Gasteiger partial charge on any atom is 0.242 e. The Bertz CT molecular complexity index is 831. The number of aromatic nitrogens is 2. The molecule has 1 aliphatic rings. The standard InChI is InChI=1S/C21H27FN4O2/c1-15(2)19-13-25(21(28)14-24-11-9-23-16(24)3)10-8-20(27)26(19)12-17-4-6-18(22)7-5-17/h4-7,9,11,15,19H,8,10,12-14H2,1-3H3/t19-/m1/s1. The molecule has 0 bridgehead atoms. The molecule has 7 heteroatoms. The molecule has 0 N–H and O–H groups in total. The Morgan fingerprint density at radius 2 is 2.00 bits per heavy atom. The zero-order valence-corrected chi connectivity index (χ0v) is 16.6. The first-order chi connectivity index (χ1) is 13.3. The van der Waals surface area contributed by atoms with Gasteiger partial charge in [0.15, 0.2) is 0 Å². The van der Waals surface area contributed by atoms with E-state index in [2.05, 4.69) is 18.8 Å². The van der Waals surface area contributed by atoms with Gasteiger partial charge in [0.05, 0.1) is 6.04 Å². The zero-order valence-electron chi connectivity index (χ0n) is 16.6. The van der Waals surface area contributed by atoms with E-state index in [0.717, 1.165) is 11.4 Å². The van der Waals surface area contributed by atoms with Gasteiger partial charge in [-0.05, 0) is 30.5 Å². The lowest BCUT2D eigenvalue weighted by molar-refractivity contribution is -0.134. The molecule has 1 atom stereocenters. The van der Waals surface area contributed by atoms with E-state index in [0.29, 0.717) is 26.1 Å². The predicted octanol–water partition coefficient (Wildman–Crippen LogP) is 2.62. The molecule has 1 aliphatic heterocycles. The molecule has 0 spiro atoms. The molecule has 1 aromatic heterocycles. The first kappa shape index (κ1) is 20.0. The van der Waals surface area contributed by atoms with Crippen molar-refractivity contribution in [2.75, 3.05) is 13.1 Å². The van der Waals surface area contributed by atoms with Gasteiger partial charge in [-0.1, -0.05) is 26.0 Å². The lowest BCUT2D eigenvalue weighted by Crippen LogP contribution is -2.47. The highest BCUT2D eigenvalue weighted by molar-refractivity contribution is 5.80. The first-order valence-electron chi connectivity index (χ1n) is 9.64. The van der Waals surface area contributed by atoms with Crippen molar-refractivity contribution in [2.45, 2.75) is 46.3 Å². The van der Waals surface area contributed by atoms with Gasteiger partial charge in [0.1, 0.15) is 18.2 Å². The SMILES string of the molecule is Cc1nccn1CC(=O)N1CCC(=O)N(Cc2ccc(F)cc2)[C@@H](C(C)C)C1. The van der Waals surface area contributed by atoms with Crippen LogP contribution in [0.1, 0.15) is 31.7 Å².